The molecule has 1 fully saturated rings. The molecule has 0 saturated heterocycles. The maximum Gasteiger partial charge on any atom is 0.224 e. The average Bonchev–Trinajstić information content (AvgIpc) is 2.72. The van der Waals surface area contributed by atoms with E-state index in [2.05, 4.69) is 67.7 Å². The first-order chi connectivity index (χ1) is 13.6. The van der Waals surface area contributed by atoms with E-state index in [-0.39, 0.29) is 24.3 Å². The Balaban J connectivity index is 1.90. The van der Waals surface area contributed by atoms with Crippen molar-refractivity contribution in [2.45, 2.75) is 51.9 Å². The van der Waals surface area contributed by atoms with Crippen LogP contribution in [-0.4, -0.2) is 12.5 Å². The number of hydrogen-bond acceptors (Lipinski definition) is 2. The second kappa shape index (κ2) is 9.55. The summed E-state index contributed by atoms with van der Waals surface area (Å²) in [7, 11) is 0. The molecule has 2 aromatic rings. The molecule has 0 radical (unpaired) electrons. The SMILES string of the molecule is CC(C)Cc1ccc(-c2ccccc2C2CCCC[C@H]2C(=O)NCC#N)cc1. The predicted molar refractivity (Wildman–Crippen MR) is 114 cm³/mol. The van der Waals surface area contributed by atoms with Gasteiger partial charge in [-0.15, -0.1) is 0 Å². The maximum absolute atomic E-state index is 12.7. The first-order valence-corrected chi connectivity index (χ1v) is 10.4. The molecule has 2 atom stereocenters. The van der Waals surface area contributed by atoms with Crippen LogP contribution in [-0.2, 0) is 11.2 Å². The minimum absolute atomic E-state index is 0.0216. The van der Waals surface area contributed by atoms with Gasteiger partial charge in [0.1, 0.15) is 6.54 Å². The molecule has 28 heavy (non-hydrogen) atoms. The quantitative estimate of drug-likeness (QED) is 0.682. The molecule has 0 aromatic heterocycles. The Morgan fingerprint density at radius 2 is 1.82 bits per heavy atom. The van der Waals surface area contributed by atoms with Crippen molar-refractivity contribution in [3.8, 4) is 17.2 Å². The van der Waals surface area contributed by atoms with Crippen LogP contribution in [0.1, 0.15) is 56.6 Å². The summed E-state index contributed by atoms with van der Waals surface area (Å²) in [5.41, 5.74) is 5.06. The number of carbonyl (C=O) groups is 1. The highest BCUT2D eigenvalue weighted by Gasteiger charge is 2.33. The number of rotatable bonds is 6. The summed E-state index contributed by atoms with van der Waals surface area (Å²) in [6, 6.07) is 19.4. The van der Waals surface area contributed by atoms with Crippen molar-refractivity contribution in [1.82, 2.24) is 5.32 Å². The number of nitrogens with one attached hydrogen (secondary N) is 1. The van der Waals surface area contributed by atoms with Gasteiger partial charge in [-0.1, -0.05) is 75.2 Å². The lowest BCUT2D eigenvalue weighted by Gasteiger charge is -2.32. The van der Waals surface area contributed by atoms with Crippen molar-refractivity contribution in [3.63, 3.8) is 0 Å². The average molecular weight is 375 g/mol. The molecule has 2 aromatic carbocycles. The lowest BCUT2D eigenvalue weighted by Crippen LogP contribution is -2.36. The lowest BCUT2D eigenvalue weighted by molar-refractivity contribution is -0.126. The summed E-state index contributed by atoms with van der Waals surface area (Å²) in [4.78, 5) is 12.7. The molecule has 3 rings (SSSR count). The van der Waals surface area contributed by atoms with Crippen molar-refractivity contribution in [2.75, 3.05) is 6.54 Å². The van der Waals surface area contributed by atoms with Crippen LogP contribution in [0.15, 0.2) is 48.5 Å². The second-order valence-electron chi connectivity index (χ2n) is 8.26. The standard InChI is InChI=1S/C25H30N2O/c1-18(2)17-19-11-13-20(14-12-19)21-7-3-4-8-22(21)23-9-5-6-10-24(23)25(28)27-16-15-26/h3-4,7-8,11-14,18,23-24H,5-6,9-10,16-17H2,1-2H3,(H,27,28)/t23?,24-/m1/s1. The predicted octanol–water partition coefficient (Wildman–Crippen LogP) is 5.47. The van der Waals surface area contributed by atoms with Crippen LogP contribution in [0, 0.1) is 23.2 Å². The third-order valence-electron chi connectivity index (χ3n) is 5.71. The summed E-state index contributed by atoms with van der Waals surface area (Å²) in [6.07, 6.45) is 5.23. The number of nitrogens with zero attached hydrogens (tertiary/aromatic N) is 1. The second-order valence-corrected chi connectivity index (χ2v) is 8.26. The Labute approximate surface area is 168 Å². The van der Waals surface area contributed by atoms with Crippen molar-refractivity contribution in [3.05, 3.63) is 59.7 Å². The van der Waals surface area contributed by atoms with Crippen LogP contribution in [0.4, 0.5) is 0 Å². The number of hydrogen-bond donors (Lipinski definition) is 1. The molecule has 1 amide bonds. The van der Waals surface area contributed by atoms with Gasteiger partial charge in [-0.2, -0.15) is 5.26 Å². The van der Waals surface area contributed by atoms with Crippen LogP contribution in [0.5, 0.6) is 0 Å². The maximum atomic E-state index is 12.7. The monoisotopic (exact) mass is 374 g/mol. The number of benzene rings is 2. The fraction of sp³-hybridized carbons (Fsp3) is 0.440. The molecule has 3 nitrogen and oxygen atoms in total. The molecular formula is C25H30N2O. The first kappa shape index (κ1) is 20.1. The smallest absolute Gasteiger partial charge is 0.224 e. The largest absolute Gasteiger partial charge is 0.343 e. The normalized spacial score (nSPS) is 19.2. The Bertz CT molecular complexity index is 832. The van der Waals surface area contributed by atoms with Crippen LogP contribution < -0.4 is 5.32 Å². The van der Waals surface area contributed by atoms with Gasteiger partial charge < -0.3 is 5.32 Å². The Hall–Kier alpha value is -2.60. The van der Waals surface area contributed by atoms with E-state index in [0.29, 0.717) is 5.92 Å². The summed E-state index contributed by atoms with van der Waals surface area (Å²) < 4.78 is 0. The zero-order valence-corrected chi connectivity index (χ0v) is 16.9. The number of nitriles is 1. The molecule has 1 aliphatic rings. The fourth-order valence-electron chi connectivity index (χ4n) is 4.45. The summed E-state index contributed by atoms with van der Waals surface area (Å²) in [5.74, 6) is 0.823. The van der Waals surface area contributed by atoms with Gasteiger partial charge in [-0.25, -0.2) is 0 Å². The minimum atomic E-state index is -0.0523. The highest BCUT2D eigenvalue weighted by molar-refractivity contribution is 5.81. The summed E-state index contributed by atoms with van der Waals surface area (Å²) in [6.45, 7) is 4.56. The van der Waals surface area contributed by atoms with E-state index in [9.17, 15) is 4.79 Å². The minimum Gasteiger partial charge on any atom is -0.343 e. The van der Waals surface area contributed by atoms with Gasteiger partial charge in [0.2, 0.25) is 5.91 Å². The molecule has 1 saturated carbocycles. The van der Waals surface area contributed by atoms with Crippen molar-refractivity contribution in [1.29, 1.82) is 5.26 Å². The molecule has 0 aliphatic heterocycles. The van der Waals surface area contributed by atoms with E-state index in [4.69, 9.17) is 5.26 Å². The van der Waals surface area contributed by atoms with Gasteiger partial charge >= 0.3 is 0 Å². The lowest BCUT2D eigenvalue weighted by atomic mass is 9.73. The summed E-state index contributed by atoms with van der Waals surface area (Å²) >= 11 is 0. The van der Waals surface area contributed by atoms with E-state index in [0.717, 1.165) is 32.1 Å². The zero-order valence-electron chi connectivity index (χ0n) is 16.9. The van der Waals surface area contributed by atoms with E-state index in [1.807, 2.05) is 6.07 Å². The fourth-order valence-corrected chi connectivity index (χ4v) is 4.45. The third kappa shape index (κ3) is 4.81. The summed E-state index contributed by atoms with van der Waals surface area (Å²) in [5, 5.41) is 11.6. The first-order valence-electron chi connectivity index (χ1n) is 10.4. The van der Waals surface area contributed by atoms with Gasteiger partial charge in [0.25, 0.3) is 0 Å². The van der Waals surface area contributed by atoms with Gasteiger partial charge in [0.05, 0.1) is 6.07 Å². The van der Waals surface area contributed by atoms with Crippen molar-refractivity contribution in [2.24, 2.45) is 11.8 Å². The molecular weight excluding hydrogens is 344 g/mol. The Morgan fingerprint density at radius 1 is 1.11 bits per heavy atom. The Morgan fingerprint density at radius 3 is 2.54 bits per heavy atom. The zero-order chi connectivity index (χ0) is 19.9. The van der Waals surface area contributed by atoms with Gasteiger partial charge in [0, 0.05) is 5.92 Å². The molecule has 3 heteroatoms. The molecule has 146 valence electrons. The molecule has 1 aliphatic carbocycles. The topological polar surface area (TPSA) is 52.9 Å². The highest BCUT2D eigenvalue weighted by atomic mass is 16.1. The van der Waals surface area contributed by atoms with E-state index < -0.39 is 0 Å². The van der Waals surface area contributed by atoms with Crippen LogP contribution in [0.3, 0.4) is 0 Å². The molecule has 1 unspecified atom stereocenters. The van der Waals surface area contributed by atoms with Crippen LogP contribution in [0.25, 0.3) is 11.1 Å². The highest BCUT2D eigenvalue weighted by Crippen LogP contribution is 2.42. The number of amides is 1. The van der Waals surface area contributed by atoms with Gasteiger partial charge in [0.15, 0.2) is 0 Å². The van der Waals surface area contributed by atoms with E-state index in [1.54, 1.807) is 0 Å². The van der Waals surface area contributed by atoms with Crippen molar-refractivity contribution >= 4 is 5.91 Å². The van der Waals surface area contributed by atoms with Gasteiger partial charge in [-0.3, -0.25) is 4.79 Å². The van der Waals surface area contributed by atoms with Crippen LogP contribution in [0.2, 0.25) is 0 Å². The van der Waals surface area contributed by atoms with Crippen LogP contribution >= 0.6 is 0 Å². The van der Waals surface area contributed by atoms with Gasteiger partial charge in [-0.05, 0) is 53.4 Å². The molecule has 1 N–H and O–H groups in total. The van der Waals surface area contributed by atoms with E-state index in [1.165, 1.54) is 22.3 Å². The third-order valence-corrected chi connectivity index (χ3v) is 5.71. The van der Waals surface area contributed by atoms with E-state index >= 15 is 0 Å². The molecule has 0 bridgehead atoms. The number of carbonyl (C=O) groups excluding carboxylic acids is 1. The van der Waals surface area contributed by atoms with Crippen molar-refractivity contribution < 1.29 is 4.79 Å². The molecule has 0 spiro atoms. The molecule has 0 heterocycles. The Kier molecular flexibility index (Phi) is 6.87.